The van der Waals surface area contributed by atoms with E-state index in [-0.39, 0.29) is 24.4 Å². The average Bonchev–Trinajstić information content (AvgIpc) is 2.38. The number of carbonyl (C=O) groups is 1. The van der Waals surface area contributed by atoms with Gasteiger partial charge in [-0.1, -0.05) is 6.07 Å². The number of nitrogens with zero attached hydrogens (tertiary/aromatic N) is 1. The van der Waals surface area contributed by atoms with Crippen LogP contribution in [0, 0.1) is 0 Å². The molecule has 0 unspecified atom stereocenters. The summed E-state index contributed by atoms with van der Waals surface area (Å²) in [6.07, 6.45) is 2.10. The molecule has 1 aromatic carbocycles. The molecular formula is C15H23ClN2O. The minimum Gasteiger partial charge on any atom is -0.385 e. The first-order valence-electron chi connectivity index (χ1n) is 6.82. The van der Waals surface area contributed by atoms with Gasteiger partial charge in [-0.25, -0.2) is 0 Å². The molecule has 0 saturated carbocycles. The van der Waals surface area contributed by atoms with Gasteiger partial charge in [0.1, 0.15) is 0 Å². The van der Waals surface area contributed by atoms with Crippen molar-refractivity contribution in [1.82, 2.24) is 4.90 Å². The molecule has 3 nitrogen and oxygen atoms in total. The van der Waals surface area contributed by atoms with Crippen LogP contribution in [0.2, 0.25) is 0 Å². The molecule has 1 N–H and O–H groups in total. The Balaban J connectivity index is 0.00000180. The van der Waals surface area contributed by atoms with Crippen LogP contribution in [-0.2, 0) is 6.42 Å². The smallest absolute Gasteiger partial charge is 0.254 e. The van der Waals surface area contributed by atoms with E-state index in [9.17, 15) is 4.79 Å². The van der Waals surface area contributed by atoms with Crippen LogP contribution in [0.1, 0.15) is 43.1 Å². The van der Waals surface area contributed by atoms with Gasteiger partial charge in [-0.05, 0) is 51.3 Å². The van der Waals surface area contributed by atoms with E-state index < -0.39 is 0 Å². The molecule has 1 aliphatic rings. The van der Waals surface area contributed by atoms with Crippen molar-refractivity contribution in [2.45, 2.75) is 39.7 Å². The predicted molar refractivity (Wildman–Crippen MR) is 82.3 cm³/mol. The number of halogens is 1. The monoisotopic (exact) mass is 282 g/mol. The van der Waals surface area contributed by atoms with E-state index in [1.54, 1.807) is 0 Å². The second-order valence-corrected chi connectivity index (χ2v) is 5.05. The normalized spacial score (nSPS) is 13.3. The minimum atomic E-state index is 0. The summed E-state index contributed by atoms with van der Waals surface area (Å²) in [4.78, 5) is 14.5. The zero-order chi connectivity index (χ0) is 13.1. The quantitative estimate of drug-likeness (QED) is 0.922. The van der Waals surface area contributed by atoms with Gasteiger partial charge in [-0.3, -0.25) is 4.79 Å². The Morgan fingerprint density at radius 2 is 2.16 bits per heavy atom. The van der Waals surface area contributed by atoms with Crippen molar-refractivity contribution < 1.29 is 4.79 Å². The van der Waals surface area contributed by atoms with Crippen LogP contribution >= 0.6 is 12.4 Å². The highest BCUT2D eigenvalue weighted by atomic mass is 35.5. The fourth-order valence-corrected chi connectivity index (χ4v) is 2.61. The first kappa shape index (κ1) is 15.8. The summed E-state index contributed by atoms with van der Waals surface area (Å²) in [5, 5.41) is 3.37. The van der Waals surface area contributed by atoms with Gasteiger partial charge in [0.05, 0.1) is 0 Å². The Labute approximate surface area is 121 Å². The summed E-state index contributed by atoms with van der Waals surface area (Å²) >= 11 is 0. The summed E-state index contributed by atoms with van der Waals surface area (Å²) in [7, 11) is 0. The van der Waals surface area contributed by atoms with Crippen molar-refractivity contribution in [3.05, 3.63) is 29.3 Å². The lowest BCUT2D eigenvalue weighted by atomic mass is 9.96. The molecule has 0 aliphatic carbocycles. The molecule has 0 aromatic heterocycles. The summed E-state index contributed by atoms with van der Waals surface area (Å²) in [5.74, 6) is 0.160. The van der Waals surface area contributed by atoms with Gasteiger partial charge in [0.15, 0.2) is 0 Å². The van der Waals surface area contributed by atoms with E-state index >= 15 is 0 Å². The lowest BCUT2D eigenvalue weighted by molar-refractivity contribution is 0.0715. The number of fused-ring (bicyclic) bond motifs is 1. The third-order valence-corrected chi connectivity index (χ3v) is 3.55. The van der Waals surface area contributed by atoms with E-state index in [4.69, 9.17) is 0 Å². The van der Waals surface area contributed by atoms with Gasteiger partial charge >= 0.3 is 0 Å². The minimum absolute atomic E-state index is 0. The highest BCUT2D eigenvalue weighted by molar-refractivity contribution is 5.97. The van der Waals surface area contributed by atoms with Crippen LogP contribution in [0.25, 0.3) is 0 Å². The molecule has 4 heteroatoms. The van der Waals surface area contributed by atoms with Crippen molar-refractivity contribution in [1.29, 1.82) is 0 Å². The van der Waals surface area contributed by atoms with E-state index in [0.717, 1.165) is 37.2 Å². The second-order valence-electron chi connectivity index (χ2n) is 5.05. The molecular weight excluding hydrogens is 260 g/mol. The van der Waals surface area contributed by atoms with Gasteiger partial charge in [0.25, 0.3) is 5.91 Å². The van der Waals surface area contributed by atoms with Gasteiger partial charge in [-0.15, -0.1) is 12.4 Å². The number of anilines is 1. The molecule has 19 heavy (non-hydrogen) atoms. The molecule has 0 spiro atoms. The molecule has 1 heterocycles. The third-order valence-electron chi connectivity index (χ3n) is 3.55. The maximum Gasteiger partial charge on any atom is 0.254 e. The molecule has 0 atom stereocenters. The Hall–Kier alpha value is -1.22. The number of rotatable bonds is 3. The number of benzene rings is 1. The average molecular weight is 283 g/mol. The molecule has 106 valence electrons. The van der Waals surface area contributed by atoms with Crippen molar-refractivity contribution in [3.8, 4) is 0 Å². The molecule has 1 amide bonds. The molecule has 0 saturated heterocycles. The molecule has 0 radical (unpaired) electrons. The molecule has 1 aliphatic heterocycles. The highest BCUT2D eigenvalue weighted by Gasteiger charge is 2.22. The topological polar surface area (TPSA) is 32.3 Å². The van der Waals surface area contributed by atoms with Gasteiger partial charge < -0.3 is 10.2 Å². The van der Waals surface area contributed by atoms with Gasteiger partial charge in [0.2, 0.25) is 0 Å². The van der Waals surface area contributed by atoms with Crippen molar-refractivity contribution in [3.63, 3.8) is 0 Å². The summed E-state index contributed by atoms with van der Waals surface area (Å²) < 4.78 is 0. The van der Waals surface area contributed by atoms with Gasteiger partial charge in [0, 0.05) is 30.4 Å². The Bertz CT molecular complexity index is 446. The lowest BCUT2D eigenvalue weighted by Crippen LogP contribution is -2.37. The first-order chi connectivity index (χ1) is 8.65. The van der Waals surface area contributed by atoms with Crippen LogP contribution < -0.4 is 5.32 Å². The molecule has 0 fully saturated rings. The lowest BCUT2D eigenvalue weighted by Gasteiger charge is -2.28. The number of hydrogen-bond donors (Lipinski definition) is 1. The predicted octanol–water partition coefficient (Wildman–Crippen LogP) is 3.34. The van der Waals surface area contributed by atoms with E-state index in [2.05, 4.69) is 25.2 Å². The summed E-state index contributed by atoms with van der Waals surface area (Å²) in [5.41, 5.74) is 3.19. The fraction of sp³-hybridized carbons (Fsp3) is 0.533. The van der Waals surface area contributed by atoms with Gasteiger partial charge in [-0.2, -0.15) is 0 Å². The van der Waals surface area contributed by atoms with Crippen LogP contribution in [0.15, 0.2) is 18.2 Å². The fourth-order valence-electron chi connectivity index (χ4n) is 2.61. The standard InChI is InChI=1S/C15H22N2O.ClH/c1-4-17(11(2)3)15(18)13-7-5-9-14-12(13)8-6-10-16-14;/h5,7,9,11,16H,4,6,8,10H2,1-3H3;1H. The third kappa shape index (κ3) is 3.21. The zero-order valence-corrected chi connectivity index (χ0v) is 12.7. The largest absolute Gasteiger partial charge is 0.385 e. The number of hydrogen-bond acceptors (Lipinski definition) is 2. The van der Waals surface area contributed by atoms with Crippen molar-refractivity contribution >= 4 is 24.0 Å². The van der Waals surface area contributed by atoms with E-state index in [1.165, 1.54) is 5.56 Å². The van der Waals surface area contributed by atoms with Crippen molar-refractivity contribution in [2.75, 3.05) is 18.4 Å². The number of carbonyl (C=O) groups excluding carboxylic acids is 1. The summed E-state index contributed by atoms with van der Waals surface area (Å²) in [6.45, 7) is 7.93. The number of amides is 1. The first-order valence-corrected chi connectivity index (χ1v) is 6.82. The van der Waals surface area contributed by atoms with Crippen LogP contribution in [0.3, 0.4) is 0 Å². The Kier molecular flexibility index (Phi) is 5.67. The van der Waals surface area contributed by atoms with Crippen LogP contribution in [0.4, 0.5) is 5.69 Å². The van der Waals surface area contributed by atoms with Crippen LogP contribution in [-0.4, -0.2) is 29.9 Å². The molecule has 1 aromatic rings. The Morgan fingerprint density at radius 3 is 2.79 bits per heavy atom. The SMILES string of the molecule is CCN(C(=O)c1cccc2c1CCCN2)C(C)C.Cl. The van der Waals surface area contributed by atoms with Crippen LogP contribution in [0.5, 0.6) is 0 Å². The Morgan fingerprint density at radius 1 is 1.42 bits per heavy atom. The molecule has 0 bridgehead atoms. The van der Waals surface area contributed by atoms with E-state index in [0.29, 0.717) is 0 Å². The highest BCUT2D eigenvalue weighted by Crippen LogP contribution is 2.26. The van der Waals surface area contributed by atoms with Crippen molar-refractivity contribution in [2.24, 2.45) is 0 Å². The maximum atomic E-state index is 12.6. The molecule has 2 rings (SSSR count). The second kappa shape index (κ2) is 6.80. The zero-order valence-electron chi connectivity index (χ0n) is 11.9. The number of nitrogens with one attached hydrogen (secondary N) is 1. The maximum absolute atomic E-state index is 12.6. The summed E-state index contributed by atoms with van der Waals surface area (Å²) in [6, 6.07) is 6.24. The van der Waals surface area contributed by atoms with E-state index in [1.807, 2.05) is 24.0 Å².